The van der Waals surface area contributed by atoms with Crippen LogP contribution in [0.5, 0.6) is 0 Å². The molecule has 0 spiro atoms. The summed E-state index contributed by atoms with van der Waals surface area (Å²) in [6, 6.07) is 19.3. The van der Waals surface area contributed by atoms with Crippen LogP contribution in [0.25, 0.3) is 0 Å². The molecule has 0 aromatic heterocycles. The molecule has 6 nitrogen and oxygen atoms in total. The van der Waals surface area contributed by atoms with Gasteiger partial charge in [0.1, 0.15) is 0 Å². The maximum Gasteiger partial charge on any atom is 0.191 e. The van der Waals surface area contributed by atoms with Crippen LogP contribution in [0.3, 0.4) is 0 Å². The standard InChI is InChI=1S/C24H34N4O2S/c1-3-21(19-31(29,30)23-12-8-5-9-13-23)26-24(25-2)27-22-14-16-28(17-15-22)18-20-10-6-4-7-11-20/h4-13,21-22H,3,14-19H2,1-2H3,(H2,25,26,27). The normalized spacial score (nSPS) is 17.3. The predicted octanol–water partition coefficient (Wildman–Crippen LogP) is 3.07. The van der Waals surface area contributed by atoms with Crippen LogP contribution in [0.1, 0.15) is 31.7 Å². The summed E-state index contributed by atoms with van der Waals surface area (Å²) in [5.74, 6) is 0.723. The van der Waals surface area contributed by atoms with E-state index >= 15 is 0 Å². The molecule has 2 aromatic rings. The zero-order valence-corrected chi connectivity index (χ0v) is 19.3. The largest absolute Gasteiger partial charge is 0.354 e. The Kier molecular flexibility index (Phi) is 8.49. The Morgan fingerprint density at radius 1 is 1.06 bits per heavy atom. The van der Waals surface area contributed by atoms with E-state index in [1.807, 2.05) is 19.1 Å². The lowest BCUT2D eigenvalue weighted by Gasteiger charge is -2.33. The quantitative estimate of drug-likeness (QED) is 0.486. The van der Waals surface area contributed by atoms with Crippen LogP contribution in [0.4, 0.5) is 0 Å². The van der Waals surface area contributed by atoms with E-state index in [4.69, 9.17) is 0 Å². The minimum atomic E-state index is -3.35. The average molecular weight is 443 g/mol. The van der Waals surface area contributed by atoms with Crippen molar-refractivity contribution in [3.63, 3.8) is 0 Å². The van der Waals surface area contributed by atoms with E-state index in [1.165, 1.54) is 5.56 Å². The Hall–Kier alpha value is -2.38. The fourth-order valence-electron chi connectivity index (χ4n) is 3.88. The van der Waals surface area contributed by atoms with Gasteiger partial charge in [-0.2, -0.15) is 0 Å². The van der Waals surface area contributed by atoms with E-state index in [0.29, 0.717) is 23.3 Å². The van der Waals surface area contributed by atoms with E-state index in [1.54, 1.807) is 31.3 Å². The predicted molar refractivity (Wildman–Crippen MR) is 127 cm³/mol. The molecule has 1 atom stereocenters. The van der Waals surface area contributed by atoms with Gasteiger partial charge in [0, 0.05) is 38.8 Å². The van der Waals surface area contributed by atoms with Crippen LogP contribution in [0.15, 0.2) is 70.6 Å². The third-order valence-electron chi connectivity index (χ3n) is 5.76. The van der Waals surface area contributed by atoms with Crippen molar-refractivity contribution in [1.82, 2.24) is 15.5 Å². The highest BCUT2D eigenvalue weighted by Crippen LogP contribution is 2.15. The maximum absolute atomic E-state index is 12.7. The molecule has 0 aliphatic carbocycles. The first kappa shape index (κ1) is 23.3. The second-order valence-electron chi connectivity index (χ2n) is 8.10. The van der Waals surface area contributed by atoms with Gasteiger partial charge >= 0.3 is 0 Å². The lowest BCUT2D eigenvalue weighted by molar-refractivity contribution is 0.198. The highest BCUT2D eigenvalue weighted by molar-refractivity contribution is 7.91. The summed E-state index contributed by atoms with van der Waals surface area (Å²) >= 11 is 0. The highest BCUT2D eigenvalue weighted by atomic mass is 32.2. The maximum atomic E-state index is 12.7. The van der Waals surface area contributed by atoms with Gasteiger partial charge in [-0.15, -0.1) is 0 Å². The summed E-state index contributed by atoms with van der Waals surface area (Å²) in [6.07, 6.45) is 2.77. The first-order valence-corrected chi connectivity index (χ1v) is 12.7. The van der Waals surface area contributed by atoms with Crippen LogP contribution in [-0.4, -0.2) is 57.3 Å². The number of hydrogen-bond donors (Lipinski definition) is 2. The first-order chi connectivity index (χ1) is 15.0. The number of sulfone groups is 1. The van der Waals surface area contributed by atoms with Crippen LogP contribution in [0.2, 0.25) is 0 Å². The average Bonchev–Trinajstić information content (AvgIpc) is 2.80. The summed E-state index contributed by atoms with van der Waals surface area (Å²) in [5.41, 5.74) is 1.34. The van der Waals surface area contributed by atoms with Gasteiger partial charge in [-0.05, 0) is 37.0 Å². The number of piperidine rings is 1. The number of likely N-dealkylation sites (tertiary alicyclic amines) is 1. The molecule has 0 amide bonds. The van der Waals surface area contributed by atoms with E-state index in [2.05, 4.69) is 44.8 Å². The lowest BCUT2D eigenvalue weighted by atomic mass is 10.0. The number of aliphatic imine (C=N–C) groups is 1. The molecule has 1 aliphatic heterocycles. The summed E-state index contributed by atoms with van der Waals surface area (Å²) in [4.78, 5) is 7.19. The Bertz CT molecular complexity index is 925. The topological polar surface area (TPSA) is 73.8 Å². The van der Waals surface area contributed by atoms with Crippen molar-refractivity contribution in [2.24, 2.45) is 4.99 Å². The van der Waals surface area contributed by atoms with Crippen LogP contribution in [-0.2, 0) is 16.4 Å². The molecule has 7 heteroatoms. The van der Waals surface area contributed by atoms with Crippen molar-refractivity contribution in [3.8, 4) is 0 Å². The Morgan fingerprint density at radius 2 is 1.68 bits per heavy atom. The second kappa shape index (κ2) is 11.3. The van der Waals surface area contributed by atoms with Crippen LogP contribution >= 0.6 is 0 Å². The van der Waals surface area contributed by atoms with Crippen LogP contribution in [0, 0.1) is 0 Å². The van der Waals surface area contributed by atoms with Crippen molar-refractivity contribution in [2.75, 3.05) is 25.9 Å². The summed E-state index contributed by atoms with van der Waals surface area (Å²) in [7, 11) is -1.61. The molecule has 1 heterocycles. The summed E-state index contributed by atoms with van der Waals surface area (Å²) < 4.78 is 25.5. The van der Waals surface area contributed by atoms with E-state index < -0.39 is 9.84 Å². The van der Waals surface area contributed by atoms with Gasteiger partial charge in [0.2, 0.25) is 0 Å². The molecule has 0 radical (unpaired) electrons. The van der Waals surface area contributed by atoms with Gasteiger partial charge < -0.3 is 10.6 Å². The van der Waals surface area contributed by atoms with Gasteiger partial charge in [-0.25, -0.2) is 8.42 Å². The number of guanidine groups is 1. The molecule has 2 N–H and O–H groups in total. The van der Waals surface area contributed by atoms with E-state index in [9.17, 15) is 8.42 Å². The zero-order chi connectivity index (χ0) is 22.1. The molecule has 31 heavy (non-hydrogen) atoms. The fraction of sp³-hybridized carbons (Fsp3) is 0.458. The highest BCUT2D eigenvalue weighted by Gasteiger charge is 2.23. The van der Waals surface area contributed by atoms with Gasteiger partial charge in [-0.3, -0.25) is 9.89 Å². The SMILES string of the molecule is CCC(CS(=O)(=O)c1ccccc1)NC(=NC)NC1CCN(Cc2ccccc2)CC1. The van der Waals surface area contributed by atoms with E-state index in [-0.39, 0.29) is 11.8 Å². The molecule has 1 saturated heterocycles. The van der Waals surface area contributed by atoms with Gasteiger partial charge in [0.05, 0.1) is 10.6 Å². The number of benzene rings is 2. The molecule has 2 aromatic carbocycles. The molecule has 168 valence electrons. The lowest BCUT2D eigenvalue weighted by Crippen LogP contribution is -2.51. The molecular weight excluding hydrogens is 408 g/mol. The molecule has 0 saturated carbocycles. The van der Waals surface area contributed by atoms with Crippen molar-refractivity contribution in [1.29, 1.82) is 0 Å². The third kappa shape index (κ3) is 7.08. The minimum Gasteiger partial charge on any atom is -0.354 e. The molecule has 0 bridgehead atoms. The fourth-order valence-corrected chi connectivity index (χ4v) is 5.50. The Labute approximate surface area is 186 Å². The van der Waals surface area contributed by atoms with Crippen molar-refractivity contribution < 1.29 is 8.42 Å². The van der Waals surface area contributed by atoms with E-state index in [0.717, 1.165) is 32.5 Å². The van der Waals surface area contributed by atoms with Crippen molar-refractivity contribution in [3.05, 3.63) is 66.2 Å². The molecule has 3 rings (SSSR count). The molecule has 1 unspecified atom stereocenters. The minimum absolute atomic E-state index is 0.0454. The number of rotatable bonds is 8. The number of nitrogens with one attached hydrogen (secondary N) is 2. The number of nitrogens with zero attached hydrogens (tertiary/aromatic N) is 2. The smallest absolute Gasteiger partial charge is 0.191 e. The Balaban J connectivity index is 1.49. The molecule has 1 fully saturated rings. The first-order valence-electron chi connectivity index (χ1n) is 11.0. The number of hydrogen-bond acceptors (Lipinski definition) is 4. The van der Waals surface area contributed by atoms with Crippen molar-refractivity contribution in [2.45, 2.75) is 49.7 Å². The summed E-state index contributed by atoms with van der Waals surface area (Å²) in [5, 5.41) is 6.82. The van der Waals surface area contributed by atoms with Gasteiger partial charge in [0.25, 0.3) is 0 Å². The molecular formula is C24H34N4O2S. The monoisotopic (exact) mass is 442 g/mol. The van der Waals surface area contributed by atoms with Crippen LogP contribution < -0.4 is 10.6 Å². The van der Waals surface area contributed by atoms with Gasteiger partial charge in [0.15, 0.2) is 15.8 Å². The summed E-state index contributed by atoms with van der Waals surface area (Å²) in [6.45, 7) is 5.04. The third-order valence-corrected chi connectivity index (χ3v) is 7.59. The zero-order valence-electron chi connectivity index (χ0n) is 18.5. The second-order valence-corrected chi connectivity index (χ2v) is 10.1. The van der Waals surface area contributed by atoms with Crippen molar-refractivity contribution >= 4 is 15.8 Å². The molecule has 1 aliphatic rings. The van der Waals surface area contributed by atoms with Gasteiger partial charge in [-0.1, -0.05) is 55.5 Å². The Morgan fingerprint density at radius 3 is 2.26 bits per heavy atom.